The molecule has 3 N–H and O–H groups in total. The minimum absolute atomic E-state index is 0.197. The summed E-state index contributed by atoms with van der Waals surface area (Å²) < 4.78 is 27.7. The molecule has 20 heavy (non-hydrogen) atoms. The third-order valence-corrected chi connectivity index (χ3v) is 6.03. The SMILES string of the molecule is CCC1(CNS(=O)(=O)c2cc(CN)c(C)cc2C)CC1. The van der Waals surface area contributed by atoms with Crippen molar-refractivity contribution in [2.75, 3.05) is 6.54 Å². The normalized spacial score (nSPS) is 17.2. The van der Waals surface area contributed by atoms with Gasteiger partial charge in [0, 0.05) is 13.1 Å². The Kier molecular flexibility index (Phi) is 4.23. The van der Waals surface area contributed by atoms with E-state index in [2.05, 4.69) is 11.6 Å². The first kappa shape index (κ1) is 15.5. The first-order chi connectivity index (χ1) is 9.33. The molecular formula is C15H24N2O2S. The van der Waals surface area contributed by atoms with Crippen molar-refractivity contribution >= 4 is 10.0 Å². The summed E-state index contributed by atoms with van der Waals surface area (Å²) in [5.41, 5.74) is 8.56. The molecule has 0 heterocycles. The summed E-state index contributed by atoms with van der Waals surface area (Å²) in [6, 6.07) is 3.60. The van der Waals surface area contributed by atoms with Gasteiger partial charge in [0.05, 0.1) is 4.90 Å². The molecule has 0 aromatic heterocycles. The molecule has 0 aliphatic heterocycles. The second-order valence-corrected chi connectivity index (χ2v) is 7.66. The van der Waals surface area contributed by atoms with Gasteiger partial charge in [-0.25, -0.2) is 13.1 Å². The minimum Gasteiger partial charge on any atom is -0.326 e. The Labute approximate surface area is 121 Å². The molecule has 0 radical (unpaired) electrons. The van der Waals surface area contributed by atoms with Gasteiger partial charge in [0.25, 0.3) is 0 Å². The van der Waals surface area contributed by atoms with Crippen molar-refractivity contribution in [2.24, 2.45) is 11.1 Å². The zero-order chi connectivity index (χ0) is 15.0. The largest absolute Gasteiger partial charge is 0.326 e. The molecule has 2 rings (SSSR count). The summed E-state index contributed by atoms with van der Waals surface area (Å²) in [7, 11) is -3.45. The van der Waals surface area contributed by atoms with Gasteiger partial charge < -0.3 is 5.73 Å². The van der Waals surface area contributed by atoms with Gasteiger partial charge in [-0.2, -0.15) is 0 Å². The van der Waals surface area contributed by atoms with E-state index in [9.17, 15) is 8.42 Å². The number of hydrogen-bond donors (Lipinski definition) is 2. The maximum atomic E-state index is 12.5. The highest BCUT2D eigenvalue weighted by Gasteiger charge is 2.41. The summed E-state index contributed by atoms with van der Waals surface area (Å²) in [4.78, 5) is 0.357. The van der Waals surface area contributed by atoms with Crippen LogP contribution >= 0.6 is 0 Å². The molecular weight excluding hydrogens is 272 g/mol. The Morgan fingerprint density at radius 3 is 2.40 bits per heavy atom. The second-order valence-electron chi connectivity index (χ2n) is 5.93. The molecule has 0 atom stereocenters. The van der Waals surface area contributed by atoms with E-state index in [0.29, 0.717) is 18.0 Å². The minimum atomic E-state index is -3.45. The molecule has 5 heteroatoms. The molecule has 1 aliphatic carbocycles. The average Bonchev–Trinajstić information content (AvgIpc) is 3.17. The van der Waals surface area contributed by atoms with E-state index in [4.69, 9.17) is 5.73 Å². The monoisotopic (exact) mass is 296 g/mol. The van der Waals surface area contributed by atoms with Crippen LogP contribution in [0, 0.1) is 19.3 Å². The summed E-state index contributed by atoms with van der Waals surface area (Å²) in [6.07, 6.45) is 3.26. The standard InChI is InChI=1S/C15H24N2O2S/c1-4-15(5-6-15)10-17-20(18,19)14-8-13(9-16)11(2)7-12(14)3/h7-8,17H,4-6,9-10,16H2,1-3H3. The third kappa shape index (κ3) is 3.05. The molecule has 1 aliphatic rings. The van der Waals surface area contributed by atoms with E-state index in [1.807, 2.05) is 19.9 Å². The number of aryl methyl sites for hydroxylation is 2. The predicted octanol–water partition coefficient (Wildman–Crippen LogP) is 2.23. The number of sulfonamides is 1. The van der Waals surface area contributed by atoms with Gasteiger partial charge in [-0.05, 0) is 61.3 Å². The quantitative estimate of drug-likeness (QED) is 0.845. The average molecular weight is 296 g/mol. The van der Waals surface area contributed by atoms with Gasteiger partial charge in [0.15, 0.2) is 0 Å². The zero-order valence-electron chi connectivity index (χ0n) is 12.5. The zero-order valence-corrected chi connectivity index (χ0v) is 13.3. The van der Waals surface area contributed by atoms with Crippen LogP contribution in [0.4, 0.5) is 0 Å². The Hall–Kier alpha value is -0.910. The van der Waals surface area contributed by atoms with Crippen molar-refractivity contribution in [1.29, 1.82) is 0 Å². The molecule has 1 aromatic rings. The molecule has 112 valence electrons. The van der Waals surface area contributed by atoms with Crippen LogP contribution in [-0.2, 0) is 16.6 Å². The van der Waals surface area contributed by atoms with Crippen molar-refractivity contribution in [2.45, 2.75) is 51.5 Å². The fourth-order valence-electron chi connectivity index (χ4n) is 2.54. The lowest BCUT2D eigenvalue weighted by molar-refractivity contribution is 0.475. The van der Waals surface area contributed by atoms with E-state index in [-0.39, 0.29) is 5.41 Å². The van der Waals surface area contributed by atoms with Crippen molar-refractivity contribution in [1.82, 2.24) is 4.72 Å². The molecule has 1 aromatic carbocycles. The lowest BCUT2D eigenvalue weighted by Gasteiger charge is -2.16. The van der Waals surface area contributed by atoms with Crippen LogP contribution in [0.5, 0.6) is 0 Å². The van der Waals surface area contributed by atoms with Crippen LogP contribution in [0.1, 0.15) is 42.9 Å². The van der Waals surface area contributed by atoms with Crippen LogP contribution in [0.15, 0.2) is 17.0 Å². The van der Waals surface area contributed by atoms with E-state index in [1.165, 1.54) is 0 Å². The summed E-state index contributed by atoms with van der Waals surface area (Å²) in [5.74, 6) is 0. The lowest BCUT2D eigenvalue weighted by Crippen LogP contribution is -2.30. The van der Waals surface area contributed by atoms with E-state index >= 15 is 0 Å². The van der Waals surface area contributed by atoms with Gasteiger partial charge >= 0.3 is 0 Å². The van der Waals surface area contributed by atoms with Crippen LogP contribution in [-0.4, -0.2) is 15.0 Å². The summed E-state index contributed by atoms with van der Waals surface area (Å²) in [6.45, 7) is 6.79. The molecule has 4 nitrogen and oxygen atoms in total. The molecule has 0 unspecified atom stereocenters. The van der Waals surface area contributed by atoms with E-state index < -0.39 is 10.0 Å². The second kappa shape index (κ2) is 5.47. The van der Waals surface area contributed by atoms with Gasteiger partial charge in [0.1, 0.15) is 0 Å². The van der Waals surface area contributed by atoms with Gasteiger partial charge in [-0.3, -0.25) is 0 Å². The molecule has 0 bridgehead atoms. The van der Waals surface area contributed by atoms with Crippen LogP contribution in [0.25, 0.3) is 0 Å². The maximum absolute atomic E-state index is 12.5. The summed E-state index contributed by atoms with van der Waals surface area (Å²) in [5, 5.41) is 0. The molecule has 0 saturated heterocycles. The van der Waals surface area contributed by atoms with Crippen molar-refractivity contribution in [3.8, 4) is 0 Å². The van der Waals surface area contributed by atoms with E-state index in [1.54, 1.807) is 6.07 Å². The molecule has 1 saturated carbocycles. The summed E-state index contributed by atoms with van der Waals surface area (Å²) >= 11 is 0. The Morgan fingerprint density at radius 2 is 1.90 bits per heavy atom. The van der Waals surface area contributed by atoms with Crippen LogP contribution in [0.2, 0.25) is 0 Å². The van der Waals surface area contributed by atoms with Gasteiger partial charge in [-0.15, -0.1) is 0 Å². The van der Waals surface area contributed by atoms with Crippen LogP contribution < -0.4 is 10.5 Å². The molecule has 0 amide bonds. The Morgan fingerprint density at radius 1 is 1.25 bits per heavy atom. The number of rotatable bonds is 6. The highest BCUT2D eigenvalue weighted by molar-refractivity contribution is 7.89. The highest BCUT2D eigenvalue weighted by Crippen LogP contribution is 2.48. The van der Waals surface area contributed by atoms with Gasteiger partial charge in [-0.1, -0.05) is 13.0 Å². The number of nitrogens with two attached hydrogens (primary N) is 1. The first-order valence-corrected chi connectivity index (χ1v) is 8.62. The fourth-order valence-corrected chi connectivity index (χ4v) is 3.97. The van der Waals surface area contributed by atoms with Crippen LogP contribution in [0.3, 0.4) is 0 Å². The Balaban J connectivity index is 2.25. The molecule has 1 fully saturated rings. The maximum Gasteiger partial charge on any atom is 0.240 e. The lowest BCUT2D eigenvalue weighted by atomic mass is 10.1. The first-order valence-electron chi connectivity index (χ1n) is 7.13. The topological polar surface area (TPSA) is 72.2 Å². The van der Waals surface area contributed by atoms with Crippen molar-refractivity contribution in [3.63, 3.8) is 0 Å². The highest BCUT2D eigenvalue weighted by atomic mass is 32.2. The fraction of sp³-hybridized carbons (Fsp3) is 0.600. The third-order valence-electron chi connectivity index (χ3n) is 4.49. The van der Waals surface area contributed by atoms with E-state index in [0.717, 1.165) is 36.0 Å². The van der Waals surface area contributed by atoms with Crippen molar-refractivity contribution in [3.05, 3.63) is 28.8 Å². The molecule has 0 spiro atoms. The number of nitrogens with one attached hydrogen (secondary N) is 1. The van der Waals surface area contributed by atoms with Gasteiger partial charge in [0.2, 0.25) is 10.0 Å². The predicted molar refractivity (Wildman–Crippen MR) is 81.0 cm³/mol. The Bertz CT molecular complexity index is 605. The van der Waals surface area contributed by atoms with Crippen molar-refractivity contribution < 1.29 is 8.42 Å². The number of benzene rings is 1. The smallest absolute Gasteiger partial charge is 0.240 e. The number of hydrogen-bond acceptors (Lipinski definition) is 3.